The van der Waals surface area contributed by atoms with Gasteiger partial charge in [0.05, 0.1) is 18.5 Å². The molecule has 8 heteroatoms. The van der Waals surface area contributed by atoms with Gasteiger partial charge in [-0.25, -0.2) is 4.98 Å². The molecule has 1 fully saturated rings. The fourth-order valence-corrected chi connectivity index (χ4v) is 5.22. The van der Waals surface area contributed by atoms with Crippen LogP contribution in [-0.4, -0.2) is 58.4 Å². The number of aromatic nitrogens is 2. The lowest BCUT2D eigenvalue weighted by atomic mass is 10.2. The van der Waals surface area contributed by atoms with Crippen LogP contribution in [0, 0.1) is 0 Å². The monoisotopic (exact) mass is 473 g/mol. The Kier molecular flexibility index (Phi) is 6.80. The zero-order chi connectivity index (χ0) is 23.3. The molecule has 34 heavy (non-hydrogen) atoms. The third-order valence-electron chi connectivity index (χ3n) is 6.05. The molecule has 0 radical (unpaired) electrons. The van der Waals surface area contributed by atoms with E-state index < -0.39 is 0 Å². The maximum atomic E-state index is 12.7. The quantitative estimate of drug-likeness (QED) is 0.431. The van der Waals surface area contributed by atoms with Crippen LogP contribution in [0.2, 0.25) is 0 Å². The minimum absolute atomic E-state index is 0.0423. The summed E-state index contributed by atoms with van der Waals surface area (Å²) >= 11 is 1.55. The molecule has 0 atom stereocenters. The Balaban J connectivity index is 1.15. The van der Waals surface area contributed by atoms with Crippen molar-refractivity contribution in [2.24, 2.45) is 0 Å². The number of nitrogens with one attached hydrogen (secondary N) is 2. The summed E-state index contributed by atoms with van der Waals surface area (Å²) in [5, 5.41) is 3.63. The van der Waals surface area contributed by atoms with E-state index in [4.69, 9.17) is 4.98 Å². The first-order valence-corrected chi connectivity index (χ1v) is 12.3. The number of thiophene rings is 1. The average Bonchev–Trinajstić information content (AvgIpc) is 3.30. The number of fused-ring (bicyclic) bond motifs is 1. The fourth-order valence-electron chi connectivity index (χ4n) is 4.17. The van der Waals surface area contributed by atoms with Gasteiger partial charge in [0.2, 0.25) is 5.91 Å². The molecular formula is C26H27N5O2S. The minimum atomic E-state index is -0.0906. The molecular weight excluding hydrogens is 446 g/mol. The van der Waals surface area contributed by atoms with Crippen molar-refractivity contribution >= 4 is 27.5 Å². The Morgan fingerprint density at radius 1 is 0.971 bits per heavy atom. The van der Waals surface area contributed by atoms with Gasteiger partial charge in [-0.1, -0.05) is 60.7 Å². The van der Waals surface area contributed by atoms with Crippen LogP contribution in [0.5, 0.6) is 0 Å². The zero-order valence-corrected chi connectivity index (χ0v) is 19.7. The van der Waals surface area contributed by atoms with Gasteiger partial charge in [0, 0.05) is 37.6 Å². The highest BCUT2D eigenvalue weighted by Crippen LogP contribution is 2.30. The summed E-state index contributed by atoms with van der Waals surface area (Å²) in [6, 6.07) is 21.9. The topological polar surface area (TPSA) is 81.3 Å². The van der Waals surface area contributed by atoms with E-state index in [1.165, 1.54) is 0 Å². The van der Waals surface area contributed by atoms with Gasteiger partial charge in [0.15, 0.2) is 0 Å². The van der Waals surface area contributed by atoms with Crippen LogP contribution >= 0.6 is 11.3 Å². The number of carbonyl (C=O) groups excluding carboxylic acids is 1. The van der Waals surface area contributed by atoms with E-state index in [2.05, 4.69) is 20.1 Å². The molecule has 4 aromatic rings. The predicted octanol–water partition coefficient (Wildman–Crippen LogP) is 3.09. The smallest absolute Gasteiger partial charge is 0.259 e. The van der Waals surface area contributed by atoms with E-state index >= 15 is 0 Å². The first-order valence-electron chi connectivity index (χ1n) is 11.5. The van der Waals surface area contributed by atoms with E-state index in [0.29, 0.717) is 30.8 Å². The molecule has 0 spiro atoms. The Morgan fingerprint density at radius 2 is 1.65 bits per heavy atom. The lowest BCUT2D eigenvalue weighted by molar-refractivity contribution is -0.122. The van der Waals surface area contributed by atoms with E-state index in [1.807, 2.05) is 66.7 Å². The van der Waals surface area contributed by atoms with Crippen LogP contribution in [0.3, 0.4) is 0 Å². The maximum absolute atomic E-state index is 12.7. The van der Waals surface area contributed by atoms with Crippen molar-refractivity contribution in [3.8, 4) is 10.4 Å². The molecule has 0 bridgehead atoms. The van der Waals surface area contributed by atoms with Gasteiger partial charge in [-0.2, -0.15) is 0 Å². The Bertz CT molecular complexity index is 1310. The number of hydrogen-bond acceptors (Lipinski definition) is 6. The summed E-state index contributed by atoms with van der Waals surface area (Å²) < 4.78 is 0. The van der Waals surface area contributed by atoms with Crippen LogP contribution in [-0.2, 0) is 17.9 Å². The number of rotatable bonds is 7. The van der Waals surface area contributed by atoms with Crippen molar-refractivity contribution in [1.82, 2.24) is 25.1 Å². The van der Waals surface area contributed by atoms with Gasteiger partial charge < -0.3 is 10.3 Å². The van der Waals surface area contributed by atoms with Gasteiger partial charge in [-0.05, 0) is 17.2 Å². The molecule has 2 N–H and O–H groups in total. The van der Waals surface area contributed by atoms with Crippen molar-refractivity contribution < 1.29 is 4.79 Å². The number of benzene rings is 2. The molecule has 1 amide bonds. The Labute approximate surface area is 202 Å². The van der Waals surface area contributed by atoms with E-state index in [9.17, 15) is 9.59 Å². The average molecular weight is 474 g/mol. The first kappa shape index (κ1) is 22.5. The molecule has 0 unspecified atom stereocenters. The molecule has 2 aromatic carbocycles. The molecule has 174 valence electrons. The highest BCUT2D eigenvalue weighted by molar-refractivity contribution is 7.21. The SMILES string of the molecule is O=C(CN1CCN(Cc2nc3sc(-c4ccccc4)cc3c(=O)[nH]2)CC1)NCc1ccccc1. The highest BCUT2D eigenvalue weighted by atomic mass is 32.1. The van der Waals surface area contributed by atoms with E-state index in [0.717, 1.165) is 47.0 Å². The predicted molar refractivity (Wildman–Crippen MR) is 136 cm³/mol. The third kappa shape index (κ3) is 5.41. The van der Waals surface area contributed by atoms with Crippen LogP contribution in [0.15, 0.2) is 71.5 Å². The lowest BCUT2D eigenvalue weighted by Gasteiger charge is -2.33. The van der Waals surface area contributed by atoms with Crippen LogP contribution in [0.1, 0.15) is 11.4 Å². The summed E-state index contributed by atoms with van der Waals surface area (Å²) in [6.45, 7) is 4.82. The summed E-state index contributed by atoms with van der Waals surface area (Å²) in [5.74, 6) is 0.730. The normalized spacial score (nSPS) is 14.9. The number of piperazine rings is 1. The van der Waals surface area contributed by atoms with Crippen molar-refractivity contribution in [3.63, 3.8) is 0 Å². The number of amides is 1. The number of hydrogen-bond donors (Lipinski definition) is 2. The van der Waals surface area contributed by atoms with Crippen molar-refractivity contribution in [1.29, 1.82) is 0 Å². The van der Waals surface area contributed by atoms with Crippen LogP contribution in [0.4, 0.5) is 0 Å². The molecule has 0 saturated carbocycles. The second kappa shape index (κ2) is 10.3. The lowest BCUT2D eigenvalue weighted by Crippen LogP contribution is -2.49. The number of carbonyl (C=O) groups is 1. The van der Waals surface area contributed by atoms with E-state index in [1.54, 1.807) is 11.3 Å². The number of H-pyrrole nitrogens is 1. The highest BCUT2D eigenvalue weighted by Gasteiger charge is 2.20. The number of nitrogens with zero attached hydrogens (tertiary/aromatic N) is 3. The summed E-state index contributed by atoms with van der Waals surface area (Å²) in [6.07, 6.45) is 0. The fraction of sp³-hybridized carbons (Fsp3) is 0.269. The molecule has 5 rings (SSSR count). The standard InChI is InChI=1S/C26H27N5O2S/c32-24(27-16-19-7-3-1-4-8-19)18-31-13-11-30(12-14-31)17-23-28-25(33)21-15-22(34-26(21)29-23)20-9-5-2-6-10-20/h1-10,15H,11-14,16-18H2,(H,27,32)(H,28,29,33). The zero-order valence-electron chi connectivity index (χ0n) is 18.9. The van der Waals surface area contributed by atoms with Gasteiger partial charge in [0.25, 0.3) is 5.56 Å². The molecule has 1 aliphatic rings. The van der Waals surface area contributed by atoms with E-state index in [-0.39, 0.29) is 11.5 Å². The second-order valence-corrected chi connectivity index (χ2v) is 9.55. The van der Waals surface area contributed by atoms with Crippen LogP contribution in [0.25, 0.3) is 20.7 Å². The first-order chi connectivity index (χ1) is 16.6. The summed E-state index contributed by atoms with van der Waals surface area (Å²) in [7, 11) is 0. The Hall–Kier alpha value is -3.33. The van der Waals surface area contributed by atoms with Gasteiger partial charge in [-0.3, -0.25) is 19.4 Å². The van der Waals surface area contributed by atoms with Crippen molar-refractivity contribution in [2.45, 2.75) is 13.1 Å². The molecule has 1 saturated heterocycles. The number of aromatic amines is 1. The van der Waals surface area contributed by atoms with Crippen molar-refractivity contribution in [3.05, 3.63) is 88.5 Å². The molecule has 0 aliphatic carbocycles. The van der Waals surface area contributed by atoms with Crippen molar-refractivity contribution in [2.75, 3.05) is 32.7 Å². The van der Waals surface area contributed by atoms with Gasteiger partial charge >= 0.3 is 0 Å². The summed E-state index contributed by atoms with van der Waals surface area (Å²) in [5.41, 5.74) is 2.10. The molecule has 3 heterocycles. The third-order valence-corrected chi connectivity index (χ3v) is 7.13. The maximum Gasteiger partial charge on any atom is 0.259 e. The summed E-state index contributed by atoms with van der Waals surface area (Å²) in [4.78, 5) is 38.9. The molecule has 1 aliphatic heterocycles. The van der Waals surface area contributed by atoms with Crippen LogP contribution < -0.4 is 10.9 Å². The minimum Gasteiger partial charge on any atom is -0.351 e. The molecule has 2 aromatic heterocycles. The van der Waals surface area contributed by atoms with Gasteiger partial charge in [0.1, 0.15) is 10.7 Å². The Morgan fingerprint density at radius 3 is 2.38 bits per heavy atom. The molecule has 7 nitrogen and oxygen atoms in total. The van der Waals surface area contributed by atoms with Gasteiger partial charge in [-0.15, -0.1) is 11.3 Å². The second-order valence-electron chi connectivity index (χ2n) is 8.52. The largest absolute Gasteiger partial charge is 0.351 e.